The largest absolute Gasteiger partial charge is 0.497 e. The molecule has 1 aliphatic rings. The van der Waals surface area contributed by atoms with Crippen molar-refractivity contribution in [3.05, 3.63) is 95.6 Å². The second-order valence-electron chi connectivity index (χ2n) is 8.30. The van der Waals surface area contributed by atoms with Crippen LogP contribution in [0.1, 0.15) is 27.6 Å². The number of hydrogen-bond donors (Lipinski definition) is 1. The van der Waals surface area contributed by atoms with E-state index in [0.29, 0.717) is 22.6 Å². The molecule has 36 heavy (non-hydrogen) atoms. The third kappa shape index (κ3) is 4.27. The predicted octanol–water partition coefficient (Wildman–Crippen LogP) is 5.82. The van der Waals surface area contributed by atoms with Crippen molar-refractivity contribution in [2.75, 3.05) is 27.4 Å². The Balaban J connectivity index is 1.67. The highest BCUT2D eigenvalue weighted by Crippen LogP contribution is 2.46. The van der Waals surface area contributed by atoms with Gasteiger partial charge in [-0.15, -0.1) is 0 Å². The van der Waals surface area contributed by atoms with Crippen molar-refractivity contribution >= 4 is 22.8 Å². The fourth-order valence-electron chi connectivity index (χ4n) is 4.53. The maximum Gasteiger partial charge on any atom is 0.339 e. The van der Waals surface area contributed by atoms with Crippen LogP contribution >= 0.6 is 0 Å². The zero-order valence-corrected chi connectivity index (χ0v) is 20.1. The Bertz CT molecular complexity index is 1420. The topological polar surface area (TPSA) is 74.2 Å². The van der Waals surface area contributed by atoms with Gasteiger partial charge in [0.2, 0.25) is 0 Å². The molecule has 1 atom stereocenters. The first-order chi connectivity index (χ1) is 17.6. The molecule has 4 aromatic carbocycles. The zero-order valence-electron chi connectivity index (χ0n) is 20.1. The fraction of sp³-hybridized carbons (Fsp3) is 0.167. The molecule has 0 amide bonds. The second-order valence-corrected chi connectivity index (χ2v) is 8.30. The van der Waals surface area contributed by atoms with Crippen LogP contribution in [-0.4, -0.2) is 38.5 Å². The van der Waals surface area contributed by atoms with Crippen molar-refractivity contribution in [3.8, 4) is 28.4 Å². The van der Waals surface area contributed by atoms with E-state index in [1.54, 1.807) is 7.11 Å². The Kier molecular flexibility index (Phi) is 6.60. The van der Waals surface area contributed by atoms with Crippen LogP contribution in [0.3, 0.4) is 0 Å². The molecule has 1 unspecified atom stereocenters. The van der Waals surface area contributed by atoms with Crippen molar-refractivity contribution < 1.29 is 28.8 Å². The smallest absolute Gasteiger partial charge is 0.339 e. The number of aliphatic hydroxyl groups excluding tert-OH is 1. The molecule has 1 aliphatic heterocycles. The van der Waals surface area contributed by atoms with Gasteiger partial charge in [-0.1, -0.05) is 54.6 Å². The third-order valence-electron chi connectivity index (χ3n) is 6.22. The van der Waals surface area contributed by atoms with Gasteiger partial charge in [-0.05, 0) is 46.9 Å². The summed E-state index contributed by atoms with van der Waals surface area (Å²) in [6.07, 6.45) is 3.57. The van der Waals surface area contributed by atoms with Crippen LogP contribution in [0.4, 0.5) is 0 Å². The summed E-state index contributed by atoms with van der Waals surface area (Å²) >= 11 is 0. The molecule has 1 N–H and O–H groups in total. The zero-order chi connectivity index (χ0) is 25.1. The number of methoxy groups -OCH3 is 2. The molecule has 1 heterocycles. The summed E-state index contributed by atoms with van der Waals surface area (Å²) in [6, 6.07) is 23.1. The predicted molar refractivity (Wildman–Crippen MR) is 139 cm³/mol. The molecule has 0 aromatic heterocycles. The quantitative estimate of drug-likeness (QED) is 0.335. The van der Waals surface area contributed by atoms with Gasteiger partial charge in [0.1, 0.15) is 30.0 Å². The van der Waals surface area contributed by atoms with Crippen LogP contribution in [0.2, 0.25) is 0 Å². The molecule has 182 valence electrons. The number of carbonyl (C=O) groups is 1. The SMILES string of the molecule is COC(=O)c1c2c(c3ccccc3c1-c1ccc(OCCO)cc1)OC(c1ccc(OC)cc1)C=C2. The van der Waals surface area contributed by atoms with Crippen LogP contribution in [0.15, 0.2) is 78.9 Å². The third-order valence-corrected chi connectivity index (χ3v) is 6.22. The van der Waals surface area contributed by atoms with Crippen LogP contribution in [0.25, 0.3) is 28.0 Å². The van der Waals surface area contributed by atoms with Gasteiger partial charge in [0.15, 0.2) is 0 Å². The van der Waals surface area contributed by atoms with Crippen molar-refractivity contribution in [3.63, 3.8) is 0 Å². The Labute approximate surface area is 209 Å². The second kappa shape index (κ2) is 10.1. The maximum atomic E-state index is 13.2. The van der Waals surface area contributed by atoms with Gasteiger partial charge >= 0.3 is 5.97 Å². The summed E-state index contributed by atoms with van der Waals surface area (Å²) in [6.45, 7) is 0.152. The number of fused-ring (bicyclic) bond motifs is 3. The first-order valence-electron chi connectivity index (χ1n) is 11.6. The van der Waals surface area contributed by atoms with Crippen LogP contribution in [0.5, 0.6) is 17.2 Å². The Morgan fingerprint density at radius 3 is 2.28 bits per heavy atom. The van der Waals surface area contributed by atoms with Crippen LogP contribution in [-0.2, 0) is 4.74 Å². The van der Waals surface area contributed by atoms with E-state index in [9.17, 15) is 4.79 Å². The lowest BCUT2D eigenvalue weighted by Crippen LogP contribution is -2.14. The van der Waals surface area contributed by atoms with E-state index < -0.39 is 5.97 Å². The molecule has 0 aliphatic carbocycles. The maximum absolute atomic E-state index is 13.2. The van der Waals surface area contributed by atoms with Gasteiger partial charge in [0.05, 0.1) is 26.4 Å². The fourth-order valence-corrected chi connectivity index (χ4v) is 4.53. The molecule has 4 aromatic rings. The number of ether oxygens (including phenoxy) is 4. The lowest BCUT2D eigenvalue weighted by molar-refractivity contribution is 0.0600. The van der Waals surface area contributed by atoms with Crippen molar-refractivity contribution in [1.29, 1.82) is 0 Å². The molecule has 0 bridgehead atoms. The first-order valence-corrected chi connectivity index (χ1v) is 11.6. The number of rotatable bonds is 7. The van der Waals surface area contributed by atoms with E-state index in [4.69, 9.17) is 24.1 Å². The molecule has 0 spiro atoms. The molecule has 0 saturated heterocycles. The van der Waals surface area contributed by atoms with E-state index in [1.165, 1.54) is 7.11 Å². The van der Waals surface area contributed by atoms with E-state index in [1.807, 2.05) is 84.9 Å². The highest BCUT2D eigenvalue weighted by Gasteiger charge is 2.29. The van der Waals surface area contributed by atoms with Crippen molar-refractivity contribution in [1.82, 2.24) is 0 Å². The standard InChI is InChI=1S/C30H26O6/c1-33-21-11-7-19(8-12-21)26-16-15-25-28(30(32)34-2)27(20-9-13-22(14-10-20)35-18-17-31)23-5-3-4-6-24(23)29(25)36-26/h3-16,26,31H,17-18H2,1-2H3. The number of carbonyl (C=O) groups excluding carboxylic acids is 1. The number of hydrogen-bond acceptors (Lipinski definition) is 6. The first kappa shape index (κ1) is 23.5. The molecule has 0 fully saturated rings. The molecule has 6 heteroatoms. The van der Waals surface area contributed by atoms with Gasteiger partial charge in [0.25, 0.3) is 0 Å². The van der Waals surface area contributed by atoms with Gasteiger partial charge in [-0.3, -0.25) is 0 Å². The summed E-state index contributed by atoms with van der Waals surface area (Å²) in [5.74, 6) is 1.61. The number of benzene rings is 4. The minimum atomic E-state index is -0.441. The molecule has 0 radical (unpaired) electrons. The highest BCUT2D eigenvalue weighted by atomic mass is 16.5. The average molecular weight is 483 g/mol. The molecule has 5 rings (SSSR count). The Morgan fingerprint density at radius 2 is 1.61 bits per heavy atom. The van der Waals surface area contributed by atoms with Crippen LogP contribution in [0, 0.1) is 0 Å². The molecular weight excluding hydrogens is 456 g/mol. The monoisotopic (exact) mass is 482 g/mol. The van der Waals surface area contributed by atoms with Gasteiger partial charge in [-0.2, -0.15) is 0 Å². The highest BCUT2D eigenvalue weighted by molar-refractivity contribution is 6.14. The summed E-state index contributed by atoms with van der Waals surface area (Å²) in [5, 5.41) is 10.8. The summed E-state index contributed by atoms with van der Waals surface area (Å²) in [5.41, 5.74) is 3.71. The lowest BCUT2D eigenvalue weighted by atomic mass is 9.87. The summed E-state index contributed by atoms with van der Waals surface area (Å²) in [4.78, 5) is 13.2. The van der Waals surface area contributed by atoms with Crippen LogP contribution < -0.4 is 14.2 Å². The Morgan fingerprint density at radius 1 is 0.917 bits per heavy atom. The normalized spacial score (nSPS) is 14.1. The van der Waals surface area contributed by atoms with E-state index >= 15 is 0 Å². The van der Waals surface area contributed by atoms with Gasteiger partial charge in [0, 0.05) is 16.5 Å². The summed E-state index contributed by atoms with van der Waals surface area (Å²) < 4.78 is 22.5. The van der Waals surface area contributed by atoms with Gasteiger partial charge in [-0.25, -0.2) is 4.79 Å². The number of esters is 1. The number of aliphatic hydroxyl groups is 1. The summed E-state index contributed by atoms with van der Waals surface area (Å²) in [7, 11) is 3.02. The minimum Gasteiger partial charge on any atom is -0.497 e. The lowest BCUT2D eigenvalue weighted by Gasteiger charge is -2.27. The molecule has 0 saturated carbocycles. The van der Waals surface area contributed by atoms with E-state index in [2.05, 4.69) is 0 Å². The van der Waals surface area contributed by atoms with Crippen molar-refractivity contribution in [2.24, 2.45) is 0 Å². The van der Waals surface area contributed by atoms with Gasteiger partial charge < -0.3 is 24.1 Å². The molecular formula is C30H26O6. The molecule has 6 nitrogen and oxygen atoms in total. The van der Waals surface area contributed by atoms with E-state index in [-0.39, 0.29) is 19.3 Å². The van der Waals surface area contributed by atoms with Crippen molar-refractivity contribution in [2.45, 2.75) is 6.10 Å². The minimum absolute atomic E-state index is 0.0619. The van der Waals surface area contributed by atoms with E-state index in [0.717, 1.165) is 33.2 Å². The average Bonchev–Trinajstić information content (AvgIpc) is 2.95. The Hall–Kier alpha value is -4.29.